The Kier molecular flexibility index (Phi) is 4.45. The molecule has 1 N–H and O–H groups in total. The standard InChI is InChI=1S/C21H23FN4O2/c1-12-13(2)26-11-14(21(27)25(3)4)9-18(20(26)23-12)24-17-7-8-28-19-10-15(22)5-6-16(17)19/h5-6,9-11,17,24H,7-8H2,1-4H3. The zero-order valence-corrected chi connectivity index (χ0v) is 16.4. The molecule has 4 rings (SSSR count). The lowest BCUT2D eigenvalue weighted by Gasteiger charge is -2.28. The van der Waals surface area contributed by atoms with Gasteiger partial charge in [0.25, 0.3) is 5.91 Å². The third-order valence-electron chi connectivity index (χ3n) is 5.19. The van der Waals surface area contributed by atoms with Crippen LogP contribution in [0.1, 0.15) is 39.8 Å². The van der Waals surface area contributed by atoms with Crippen molar-refractivity contribution in [3.05, 3.63) is 58.8 Å². The fraction of sp³-hybridized carbons (Fsp3) is 0.333. The molecular weight excluding hydrogens is 359 g/mol. The van der Waals surface area contributed by atoms with Gasteiger partial charge in [-0.1, -0.05) is 6.07 Å². The molecule has 0 spiro atoms. The van der Waals surface area contributed by atoms with Gasteiger partial charge in [-0.2, -0.15) is 0 Å². The molecule has 1 unspecified atom stereocenters. The Bertz CT molecular complexity index is 1070. The normalized spacial score (nSPS) is 15.8. The van der Waals surface area contributed by atoms with Crippen LogP contribution in [0.3, 0.4) is 0 Å². The van der Waals surface area contributed by atoms with E-state index in [4.69, 9.17) is 4.74 Å². The predicted octanol–water partition coefficient (Wildman–Crippen LogP) is 3.73. The highest BCUT2D eigenvalue weighted by Crippen LogP contribution is 2.36. The van der Waals surface area contributed by atoms with Crippen LogP contribution in [0, 0.1) is 19.7 Å². The van der Waals surface area contributed by atoms with E-state index in [0.717, 1.165) is 34.7 Å². The first-order chi connectivity index (χ1) is 13.3. The molecular formula is C21H23FN4O2. The lowest BCUT2D eigenvalue weighted by atomic mass is 10.00. The molecule has 3 aromatic rings. The minimum Gasteiger partial charge on any atom is -0.493 e. The molecule has 0 saturated carbocycles. The quantitative estimate of drug-likeness (QED) is 0.750. The van der Waals surface area contributed by atoms with Gasteiger partial charge < -0.3 is 19.4 Å². The number of carbonyl (C=O) groups excluding carboxylic acids is 1. The van der Waals surface area contributed by atoms with E-state index in [1.165, 1.54) is 12.1 Å². The van der Waals surface area contributed by atoms with Crippen molar-refractivity contribution in [2.75, 3.05) is 26.0 Å². The predicted molar refractivity (Wildman–Crippen MR) is 106 cm³/mol. The number of halogens is 1. The average molecular weight is 382 g/mol. The number of aryl methyl sites for hydroxylation is 2. The van der Waals surface area contributed by atoms with E-state index in [2.05, 4.69) is 10.3 Å². The fourth-order valence-corrected chi connectivity index (χ4v) is 3.55. The van der Waals surface area contributed by atoms with Crippen LogP contribution in [0.2, 0.25) is 0 Å². The lowest BCUT2D eigenvalue weighted by molar-refractivity contribution is 0.0827. The van der Waals surface area contributed by atoms with E-state index in [-0.39, 0.29) is 17.8 Å². The Hall–Kier alpha value is -3.09. The number of aromatic nitrogens is 2. The molecule has 0 aliphatic carbocycles. The number of nitrogens with zero attached hydrogens (tertiary/aromatic N) is 3. The largest absolute Gasteiger partial charge is 0.493 e. The van der Waals surface area contributed by atoms with Crippen LogP contribution in [-0.2, 0) is 0 Å². The Balaban J connectivity index is 1.81. The zero-order chi connectivity index (χ0) is 20.0. The number of nitrogens with one attached hydrogen (secondary N) is 1. The summed E-state index contributed by atoms with van der Waals surface area (Å²) in [6.07, 6.45) is 2.56. The number of ether oxygens (including phenoxy) is 1. The number of amides is 1. The Morgan fingerprint density at radius 3 is 2.86 bits per heavy atom. The van der Waals surface area contributed by atoms with Gasteiger partial charge in [0, 0.05) is 44.0 Å². The maximum atomic E-state index is 13.6. The third kappa shape index (κ3) is 3.06. The van der Waals surface area contributed by atoms with E-state index < -0.39 is 0 Å². The van der Waals surface area contributed by atoms with Crippen LogP contribution in [0.25, 0.3) is 5.65 Å². The summed E-state index contributed by atoms with van der Waals surface area (Å²) in [5.74, 6) is 0.154. The van der Waals surface area contributed by atoms with Gasteiger partial charge in [0.15, 0.2) is 5.65 Å². The summed E-state index contributed by atoms with van der Waals surface area (Å²) in [4.78, 5) is 18.8. The zero-order valence-electron chi connectivity index (χ0n) is 16.4. The van der Waals surface area contributed by atoms with Gasteiger partial charge in [0.05, 0.1) is 29.6 Å². The monoisotopic (exact) mass is 382 g/mol. The molecule has 146 valence electrons. The summed E-state index contributed by atoms with van der Waals surface area (Å²) >= 11 is 0. The van der Waals surface area contributed by atoms with Crippen molar-refractivity contribution in [1.82, 2.24) is 14.3 Å². The summed E-state index contributed by atoms with van der Waals surface area (Å²) < 4.78 is 21.1. The average Bonchev–Trinajstić information content (AvgIpc) is 2.95. The summed E-state index contributed by atoms with van der Waals surface area (Å²) in [7, 11) is 3.46. The van der Waals surface area contributed by atoms with Crippen molar-refractivity contribution in [2.24, 2.45) is 0 Å². The highest BCUT2D eigenvalue weighted by atomic mass is 19.1. The summed E-state index contributed by atoms with van der Waals surface area (Å²) in [6, 6.07) is 6.37. The third-order valence-corrected chi connectivity index (χ3v) is 5.19. The van der Waals surface area contributed by atoms with Gasteiger partial charge in [-0.05, 0) is 26.0 Å². The van der Waals surface area contributed by atoms with Crippen LogP contribution in [0.15, 0.2) is 30.5 Å². The first-order valence-electron chi connectivity index (χ1n) is 9.25. The Morgan fingerprint density at radius 1 is 1.32 bits per heavy atom. The molecule has 0 bridgehead atoms. The molecule has 1 aliphatic rings. The van der Waals surface area contributed by atoms with Crippen LogP contribution in [-0.4, -0.2) is 40.9 Å². The van der Waals surface area contributed by atoms with Crippen LogP contribution in [0.4, 0.5) is 10.1 Å². The molecule has 1 aliphatic heterocycles. The van der Waals surface area contributed by atoms with Gasteiger partial charge in [0.2, 0.25) is 0 Å². The van der Waals surface area contributed by atoms with Crippen molar-refractivity contribution in [1.29, 1.82) is 0 Å². The molecule has 0 saturated heterocycles. The number of imidazole rings is 1. The highest BCUT2D eigenvalue weighted by molar-refractivity contribution is 5.95. The first-order valence-corrected chi connectivity index (χ1v) is 9.25. The maximum Gasteiger partial charge on any atom is 0.254 e. The SMILES string of the molecule is Cc1nc2c(NC3CCOc4cc(F)ccc43)cc(C(=O)N(C)C)cn2c1C. The highest BCUT2D eigenvalue weighted by Gasteiger charge is 2.24. The maximum absolute atomic E-state index is 13.6. The minimum atomic E-state index is -0.320. The second-order valence-corrected chi connectivity index (χ2v) is 7.33. The number of anilines is 1. The van der Waals surface area contributed by atoms with E-state index in [1.54, 1.807) is 25.1 Å². The smallest absolute Gasteiger partial charge is 0.254 e. The van der Waals surface area contributed by atoms with Crippen LogP contribution in [0.5, 0.6) is 5.75 Å². The Morgan fingerprint density at radius 2 is 2.11 bits per heavy atom. The number of hydrogen-bond acceptors (Lipinski definition) is 4. The van der Waals surface area contributed by atoms with Crippen LogP contribution >= 0.6 is 0 Å². The number of rotatable bonds is 3. The first kappa shape index (κ1) is 18.3. The van der Waals surface area contributed by atoms with Gasteiger partial charge in [-0.3, -0.25) is 4.79 Å². The molecule has 0 radical (unpaired) electrons. The van der Waals surface area contributed by atoms with Crippen molar-refractivity contribution in [3.63, 3.8) is 0 Å². The number of carbonyl (C=O) groups is 1. The summed E-state index contributed by atoms with van der Waals surface area (Å²) in [5, 5.41) is 3.52. The second-order valence-electron chi connectivity index (χ2n) is 7.33. The molecule has 2 aromatic heterocycles. The van der Waals surface area contributed by atoms with Crippen molar-refractivity contribution >= 4 is 17.2 Å². The van der Waals surface area contributed by atoms with Crippen molar-refractivity contribution in [2.45, 2.75) is 26.3 Å². The number of pyridine rings is 1. The van der Waals surface area contributed by atoms with Gasteiger partial charge in [0.1, 0.15) is 11.6 Å². The molecule has 6 nitrogen and oxygen atoms in total. The molecule has 3 heterocycles. The summed E-state index contributed by atoms with van der Waals surface area (Å²) in [5.41, 5.74) is 4.90. The van der Waals surface area contributed by atoms with Crippen LogP contribution < -0.4 is 10.1 Å². The molecule has 28 heavy (non-hydrogen) atoms. The number of benzene rings is 1. The summed E-state index contributed by atoms with van der Waals surface area (Å²) in [6.45, 7) is 4.43. The lowest BCUT2D eigenvalue weighted by Crippen LogP contribution is -2.23. The second kappa shape index (κ2) is 6.82. The number of fused-ring (bicyclic) bond motifs is 2. The van der Waals surface area contributed by atoms with Gasteiger partial charge in [-0.25, -0.2) is 9.37 Å². The van der Waals surface area contributed by atoms with E-state index >= 15 is 0 Å². The van der Waals surface area contributed by atoms with Crippen molar-refractivity contribution < 1.29 is 13.9 Å². The number of hydrogen-bond donors (Lipinski definition) is 1. The van der Waals surface area contributed by atoms with Crippen molar-refractivity contribution in [3.8, 4) is 5.75 Å². The van der Waals surface area contributed by atoms with E-state index in [1.807, 2.05) is 30.5 Å². The molecule has 0 fully saturated rings. The molecule has 1 atom stereocenters. The van der Waals surface area contributed by atoms with Gasteiger partial charge in [-0.15, -0.1) is 0 Å². The Labute approximate surface area is 162 Å². The van der Waals surface area contributed by atoms with E-state index in [0.29, 0.717) is 17.9 Å². The fourth-order valence-electron chi connectivity index (χ4n) is 3.55. The van der Waals surface area contributed by atoms with E-state index in [9.17, 15) is 9.18 Å². The molecule has 7 heteroatoms. The van der Waals surface area contributed by atoms with Gasteiger partial charge >= 0.3 is 0 Å². The molecule has 1 aromatic carbocycles. The molecule has 1 amide bonds. The minimum absolute atomic E-state index is 0.0600. The topological polar surface area (TPSA) is 58.9 Å².